The van der Waals surface area contributed by atoms with Crippen LogP contribution in [0, 0.1) is 11.7 Å². The van der Waals surface area contributed by atoms with E-state index in [4.69, 9.17) is 4.74 Å². The van der Waals surface area contributed by atoms with E-state index in [1.54, 1.807) is 0 Å². The van der Waals surface area contributed by atoms with Crippen LogP contribution in [0.4, 0.5) is 4.39 Å². The number of pyridine rings is 1. The second-order valence-corrected chi connectivity index (χ2v) is 6.50. The Morgan fingerprint density at radius 1 is 1.21 bits per heavy atom. The molecule has 1 aromatic carbocycles. The summed E-state index contributed by atoms with van der Waals surface area (Å²) in [6, 6.07) is 12.9. The molecule has 1 amide bonds. The zero-order chi connectivity index (χ0) is 16.5. The third-order valence-electron chi connectivity index (χ3n) is 5.07. The highest BCUT2D eigenvalue weighted by Gasteiger charge is 2.48. The number of aromatic nitrogens is 1. The van der Waals surface area contributed by atoms with Crippen molar-refractivity contribution in [3.05, 3.63) is 60.0 Å². The maximum Gasteiger partial charge on any atom is 0.254 e. The Balaban J connectivity index is 1.43. The molecule has 0 aliphatic carbocycles. The summed E-state index contributed by atoms with van der Waals surface area (Å²) in [5.41, 5.74) is 0.746. The van der Waals surface area contributed by atoms with Crippen LogP contribution in [0.15, 0.2) is 48.7 Å². The number of benzene rings is 1. The molecule has 2 bridgehead atoms. The minimum atomic E-state index is -0.373. The van der Waals surface area contributed by atoms with Gasteiger partial charge in [0.05, 0.1) is 12.8 Å². The Hall–Kier alpha value is -2.43. The molecule has 0 spiro atoms. The van der Waals surface area contributed by atoms with Gasteiger partial charge in [0.1, 0.15) is 5.82 Å². The van der Waals surface area contributed by atoms with Gasteiger partial charge < -0.3 is 9.64 Å². The largest absolute Gasteiger partial charge is 0.477 e. The van der Waals surface area contributed by atoms with Crippen LogP contribution in [0.2, 0.25) is 0 Å². The third-order valence-corrected chi connectivity index (χ3v) is 5.07. The van der Waals surface area contributed by atoms with Gasteiger partial charge in [-0.2, -0.15) is 0 Å². The first-order chi connectivity index (χ1) is 11.7. The molecule has 5 heteroatoms. The molecule has 2 aromatic rings. The number of halogens is 1. The Labute approximate surface area is 140 Å². The predicted octanol–water partition coefficient (Wildman–Crippen LogP) is 3.29. The molecule has 4 nitrogen and oxygen atoms in total. The van der Waals surface area contributed by atoms with Gasteiger partial charge in [0.25, 0.3) is 5.91 Å². The van der Waals surface area contributed by atoms with E-state index in [0.717, 1.165) is 31.0 Å². The monoisotopic (exact) mass is 326 g/mol. The summed E-state index contributed by atoms with van der Waals surface area (Å²) in [7, 11) is 0. The van der Waals surface area contributed by atoms with Crippen molar-refractivity contribution >= 4 is 5.91 Å². The average Bonchev–Trinajstić information content (AvgIpc) is 3.19. The van der Waals surface area contributed by atoms with Gasteiger partial charge in [-0.05, 0) is 37.5 Å². The Kier molecular flexibility index (Phi) is 3.92. The molecule has 124 valence electrons. The highest BCUT2D eigenvalue weighted by Crippen LogP contribution is 2.42. The Morgan fingerprint density at radius 3 is 2.79 bits per heavy atom. The van der Waals surface area contributed by atoms with E-state index in [1.807, 2.05) is 35.2 Å². The number of rotatable bonds is 4. The van der Waals surface area contributed by atoms with Crippen molar-refractivity contribution in [2.75, 3.05) is 6.61 Å². The van der Waals surface area contributed by atoms with Crippen molar-refractivity contribution in [2.45, 2.75) is 31.3 Å². The fraction of sp³-hybridized carbons (Fsp3) is 0.368. The lowest BCUT2D eigenvalue weighted by molar-refractivity contribution is 0.0710. The van der Waals surface area contributed by atoms with Crippen molar-refractivity contribution in [2.24, 2.45) is 5.92 Å². The van der Waals surface area contributed by atoms with Gasteiger partial charge in [0.2, 0.25) is 5.88 Å². The molecule has 0 radical (unpaired) electrons. The number of hydrogen-bond donors (Lipinski definition) is 0. The standard InChI is InChI=1S/C19H19FN2O2/c20-15-6-9-18(21-11-15)24-12-14-10-16-7-8-17(14)22(16)19(23)13-4-2-1-3-5-13/h1-6,9,11,14,16-17H,7-8,10,12H2. The number of carbonyl (C=O) groups excluding carboxylic acids is 1. The molecule has 2 aliphatic heterocycles. The summed E-state index contributed by atoms with van der Waals surface area (Å²) in [6.07, 6.45) is 4.20. The Morgan fingerprint density at radius 2 is 2.04 bits per heavy atom. The van der Waals surface area contributed by atoms with E-state index in [2.05, 4.69) is 4.98 Å². The molecule has 1 aromatic heterocycles. The first-order valence-corrected chi connectivity index (χ1v) is 8.34. The highest BCUT2D eigenvalue weighted by atomic mass is 19.1. The lowest BCUT2D eigenvalue weighted by Gasteiger charge is -2.24. The lowest BCUT2D eigenvalue weighted by atomic mass is 9.90. The van der Waals surface area contributed by atoms with E-state index in [9.17, 15) is 9.18 Å². The number of fused-ring (bicyclic) bond motifs is 2. The van der Waals surface area contributed by atoms with Gasteiger partial charge in [0, 0.05) is 29.6 Å². The van der Waals surface area contributed by atoms with Crippen LogP contribution in [0.1, 0.15) is 29.6 Å². The number of nitrogens with zero attached hydrogens (tertiary/aromatic N) is 2. The van der Waals surface area contributed by atoms with E-state index in [1.165, 1.54) is 12.1 Å². The molecule has 3 atom stereocenters. The molecule has 2 fully saturated rings. The number of ether oxygens (including phenoxy) is 1. The second kappa shape index (κ2) is 6.23. The van der Waals surface area contributed by atoms with E-state index < -0.39 is 0 Å². The first kappa shape index (κ1) is 15.1. The van der Waals surface area contributed by atoms with Crippen LogP contribution in [-0.2, 0) is 0 Å². The fourth-order valence-corrected chi connectivity index (χ4v) is 3.98. The second-order valence-electron chi connectivity index (χ2n) is 6.50. The molecule has 4 rings (SSSR count). The summed E-state index contributed by atoms with van der Waals surface area (Å²) in [6.45, 7) is 0.512. The number of amides is 1. The Bertz CT molecular complexity index is 720. The minimum Gasteiger partial charge on any atom is -0.477 e. The van der Waals surface area contributed by atoms with Gasteiger partial charge in [-0.15, -0.1) is 0 Å². The third kappa shape index (κ3) is 2.75. The van der Waals surface area contributed by atoms with Crippen LogP contribution in [0.5, 0.6) is 5.88 Å². The minimum absolute atomic E-state index is 0.116. The summed E-state index contributed by atoms with van der Waals surface area (Å²) >= 11 is 0. The molecule has 2 saturated heterocycles. The average molecular weight is 326 g/mol. The van der Waals surface area contributed by atoms with Crippen molar-refractivity contribution in [1.82, 2.24) is 9.88 Å². The van der Waals surface area contributed by atoms with E-state index >= 15 is 0 Å². The molecule has 24 heavy (non-hydrogen) atoms. The molecule has 3 unspecified atom stereocenters. The normalized spacial score (nSPS) is 25.0. The topological polar surface area (TPSA) is 42.4 Å². The quantitative estimate of drug-likeness (QED) is 0.866. The predicted molar refractivity (Wildman–Crippen MR) is 87.2 cm³/mol. The van der Waals surface area contributed by atoms with Crippen LogP contribution in [0.25, 0.3) is 0 Å². The van der Waals surface area contributed by atoms with Crippen LogP contribution >= 0.6 is 0 Å². The highest BCUT2D eigenvalue weighted by molar-refractivity contribution is 5.95. The van der Waals surface area contributed by atoms with Crippen molar-refractivity contribution in [3.63, 3.8) is 0 Å². The number of hydrogen-bond acceptors (Lipinski definition) is 3. The van der Waals surface area contributed by atoms with E-state index in [0.29, 0.717) is 24.4 Å². The molecule has 3 heterocycles. The van der Waals surface area contributed by atoms with Gasteiger partial charge in [-0.3, -0.25) is 4.79 Å². The summed E-state index contributed by atoms with van der Waals surface area (Å²) < 4.78 is 18.6. The maximum absolute atomic E-state index is 12.9. The van der Waals surface area contributed by atoms with Crippen molar-refractivity contribution in [3.8, 4) is 5.88 Å². The van der Waals surface area contributed by atoms with Crippen LogP contribution in [-0.4, -0.2) is 34.5 Å². The number of carbonyl (C=O) groups is 1. The summed E-state index contributed by atoms with van der Waals surface area (Å²) in [4.78, 5) is 18.8. The maximum atomic E-state index is 12.9. The smallest absolute Gasteiger partial charge is 0.254 e. The first-order valence-electron chi connectivity index (χ1n) is 8.34. The zero-order valence-electron chi connectivity index (χ0n) is 13.3. The van der Waals surface area contributed by atoms with Gasteiger partial charge in [-0.1, -0.05) is 18.2 Å². The molecular formula is C19H19FN2O2. The molecule has 0 N–H and O–H groups in total. The van der Waals surface area contributed by atoms with Gasteiger partial charge in [-0.25, -0.2) is 9.37 Å². The van der Waals surface area contributed by atoms with Crippen molar-refractivity contribution in [1.29, 1.82) is 0 Å². The SMILES string of the molecule is O=C(c1ccccc1)N1C2CCC1C(COc1ccc(F)cn1)C2. The lowest BCUT2D eigenvalue weighted by Crippen LogP contribution is -2.37. The molecule has 2 aliphatic rings. The summed E-state index contributed by atoms with van der Waals surface area (Å²) in [5.74, 6) is 0.482. The van der Waals surface area contributed by atoms with Gasteiger partial charge >= 0.3 is 0 Å². The van der Waals surface area contributed by atoms with Crippen molar-refractivity contribution < 1.29 is 13.9 Å². The van der Waals surface area contributed by atoms with E-state index in [-0.39, 0.29) is 17.8 Å². The van der Waals surface area contributed by atoms with Crippen LogP contribution in [0.3, 0.4) is 0 Å². The summed E-state index contributed by atoms with van der Waals surface area (Å²) in [5, 5.41) is 0. The molecule has 0 saturated carbocycles. The van der Waals surface area contributed by atoms with Crippen LogP contribution < -0.4 is 4.74 Å². The molecular weight excluding hydrogens is 307 g/mol. The zero-order valence-corrected chi connectivity index (χ0v) is 13.3. The van der Waals surface area contributed by atoms with Gasteiger partial charge in [0.15, 0.2) is 0 Å². The fourth-order valence-electron chi connectivity index (χ4n) is 3.98.